The third-order valence-electron chi connectivity index (χ3n) is 4.61. The summed E-state index contributed by atoms with van der Waals surface area (Å²) in [4.78, 5) is 42.3. The quantitative estimate of drug-likeness (QED) is 0.308. The number of nitro benzene ring substituents is 1. The predicted molar refractivity (Wildman–Crippen MR) is 122 cm³/mol. The molecule has 0 unspecified atom stereocenters. The van der Waals surface area contributed by atoms with E-state index in [1.54, 1.807) is 18.2 Å². The first kappa shape index (κ1) is 22.7. The van der Waals surface area contributed by atoms with Crippen molar-refractivity contribution in [3.05, 3.63) is 101 Å². The number of ether oxygens (including phenoxy) is 1. The Morgan fingerprint density at radius 2 is 1.41 bits per heavy atom. The average Bonchev–Trinajstić information content (AvgIpc) is 2.76. The van der Waals surface area contributed by atoms with Crippen LogP contribution in [0.3, 0.4) is 0 Å². The Morgan fingerprint density at radius 1 is 0.906 bits per heavy atom. The highest BCUT2D eigenvalue weighted by Gasteiger charge is 2.03. The van der Waals surface area contributed by atoms with E-state index in [1.807, 2.05) is 26.2 Å². The summed E-state index contributed by atoms with van der Waals surface area (Å²) in [5.74, 6) is 0.733. The second kappa shape index (κ2) is 10.4. The summed E-state index contributed by atoms with van der Waals surface area (Å²) in [6.07, 6.45) is 3.95. The van der Waals surface area contributed by atoms with Crippen molar-refractivity contribution >= 4 is 17.8 Å². The molecule has 1 aromatic heterocycles. The van der Waals surface area contributed by atoms with Gasteiger partial charge >= 0.3 is 0 Å². The summed E-state index contributed by atoms with van der Waals surface area (Å²) < 4.78 is 5.69. The second-order valence-electron chi connectivity index (χ2n) is 7.45. The van der Waals surface area contributed by atoms with Crippen molar-refractivity contribution in [2.45, 2.75) is 6.42 Å². The third kappa shape index (κ3) is 6.26. The topological polar surface area (TPSA) is 121 Å². The van der Waals surface area contributed by atoms with Crippen LogP contribution in [0.15, 0.2) is 58.1 Å². The number of nitrogens with one attached hydrogen (secondary N) is 2. The Labute approximate surface area is 183 Å². The zero-order valence-electron chi connectivity index (χ0n) is 17.8. The summed E-state index contributed by atoms with van der Waals surface area (Å²) in [5.41, 5.74) is 0.296. The molecule has 0 aliphatic heterocycles. The fourth-order valence-electron chi connectivity index (χ4n) is 2.95. The number of aromatic nitrogens is 2. The van der Waals surface area contributed by atoms with E-state index < -0.39 is 16.0 Å². The van der Waals surface area contributed by atoms with E-state index in [9.17, 15) is 19.7 Å². The Hall–Kier alpha value is -3.98. The number of non-ortho nitro benzene ring substituents is 1. The van der Waals surface area contributed by atoms with Gasteiger partial charge in [-0.25, -0.2) is 0 Å². The molecule has 2 N–H and O–H groups in total. The first-order valence-corrected chi connectivity index (χ1v) is 10.00. The number of hydrogen-bond acceptors (Lipinski definition) is 6. The van der Waals surface area contributed by atoms with Crippen LogP contribution in [0.2, 0.25) is 0 Å². The Morgan fingerprint density at radius 3 is 1.88 bits per heavy atom. The van der Waals surface area contributed by atoms with Crippen LogP contribution in [-0.2, 0) is 0 Å². The van der Waals surface area contributed by atoms with E-state index in [0.717, 1.165) is 24.3 Å². The number of H-pyrrole nitrogens is 2. The van der Waals surface area contributed by atoms with Gasteiger partial charge in [-0.15, -0.1) is 0 Å². The van der Waals surface area contributed by atoms with Crippen molar-refractivity contribution < 1.29 is 9.66 Å². The number of nitrogens with zero attached hydrogens (tertiary/aromatic N) is 2. The number of rotatable bonds is 8. The molecule has 2 aromatic carbocycles. The molecule has 0 aliphatic rings. The van der Waals surface area contributed by atoms with Crippen LogP contribution in [0, 0.1) is 10.1 Å². The van der Waals surface area contributed by atoms with E-state index in [0.29, 0.717) is 12.2 Å². The molecule has 0 fully saturated rings. The van der Waals surface area contributed by atoms with Crippen molar-refractivity contribution in [3.8, 4) is 5.75 Å². The maximum Gasteiger partial charge on any atom is 0.272 e. The maximum absolute atomic E-state index is 12.4. The largest absolute Gasteiger partial charge is 0.494 e. The molecule has 0 radical (unpaired) electrons. The molecule has 32 heavy (non-hydrogen) atoms. The molecule has 0 bridgehead atoms. The van der Waals surface area contributed by atoms with E-state index in [-0.39, 0.29) is 16.4 Å². The van der Waals surface area contributed by atoms with E-state index >= 15 is 0 Å². The van der Waals surface area contributed by atoms with E-state index in [4.69, 9.17) is 4.74 Å². The summed E-state index contributed by atoms with van der Waals surface area (Å²) in [5, 5.41) is 10.9. The van der Waals surface area contributed by atoms with Gasteiger partial charge in [-0.3, -0.25) is 19.7 Å². The van der Waals surface area contributed by atoms with Crippen LogP contribution < -0.4 is 26.6 Å². The Balaban J connectivity index is 1.79. The summed E-state index contributed by atoms with van der Waals surface area (Å²) in [7, 11) is 4.02. The standard InChI is InChI=1S/C23H24N4O5/c1-26(2)12-3-13-32-19-10-6-17(7-11-19)15-21-23(29)24-20(22(28)25-21)14-16-4-8-18(9-5-16)27(30)31/h4-11,14-15H,3,12-13H2,1-2H3,(H,24,29)(H,25,28)/b20-14-,21-15-. The van der Waals surface area contributed by atoms with Crippen LogP contribution in [0.5, 0.6) is 5.75 Å². The van der Waals surface area contributed by atoms with Gasteiger partial charge in [-0.05, 0) is 68.1 Å². The number of hydrogen-bond donors (Lipinski definition) is 2. The van der Waals surface area contributed by atoms with Crippen LogP contribution in [0.1, 0.15) is 17.5 Å². The van der Waals surface area contributed by atoms with Gasteiger partial charge in [-0.2, -0.15) is 0 Å². The summed E-state index contributed by atoms with van der Waals surface area (Å²) in [6.45, 7) is 1.56. The first-order chi connectivity index (χ1) is 15.3. The lowest BCUT2D eigenvalue weighted by atomic mass is 10.2. The van der Waals surface area contributed by atoms with Crippen LogP contribution in [0.25, 0.3) is 12.2 Å². The smallest absolute Gasteiger partial charge is 0.272 e. The van der Waals surface area contributed by atoms with Gasteiger partial charge in [0, 0.05) is 18.7 Å². The molecule has 3 aromatic rings. The fraction of sp³-hybridized carbons (Fsp3) is 0.217. The fourth-order valence-corrected chi connectivity index (χ4v) is 2.95. The Kier molecular flexibility index (Phi) is 7.35. The summed E-state index contributed by atoms with van der Waals surface area (Å²) >= 11 is 0. The minimum atomic E-state index is -0.507. The molecule has 1 heterocycles. The normalized spacial score (nSPS) is 12.3. The zero-order valence-corrected chi connectivity index (χ0v) is 17.8. The van der Waals surface area contributed by atoms with Gasteiger partial charge in [0.2, 0.25) is 0 Å². The highest BCUT2D eigenvalue weighted by molar-refractivity contribution is 5.51. The molecular weight excluding hydrogens is 412 g/mol. The van der Waals surface area contributed by atoms with Crippen LogP contribution >= 0.6 is 0 Å². The van der Waals surface area contributed by atoms with Gasteiger partial charge in [0.25, 0.3) is 16.8 Å². The lowest BCUT2D eigenvalue weighted by molar-refractivity contribution is -0.384. The molecule has 0 saturated heterocycles. The Bertz CT molecular complexity index is 1310. The van der Waals surface area contributed by atoms with Gasteiger partial charge in [0.1, 0.15) is 16.4 Å². The van der Waals surface area contributed by atoms with Gasteiger partial charge < -0.3 is 19.6 Å². The van der Waals surface area contributed by atoms with Gasteiger partial charge in [-0.1, -0.05) is 12.1 Å². The van der Waals surface area contributed by atoms with Crippen molar-refractivity contribution in [2.24, 2.45) is 0 Å². The number of nitro groups is 1. The molecule has 166 valence electrons. The van der Waals surface area contributed by atoms with Crippen LogP contribution in [0.4, 0.5) is 5.69 Å². The third-order valence-corrected chi connectivity index (χ3v) is 4.61. The lowest BCUT2D eigenvalue weighted by Crippen LogP contribution is -2.46. The molecular formula is C23H24N4O5. The molecule has 0 saturated carbocycles. The maximum atomic E-state index is 12.4. The van der Waals surface area contributed by atoms with Crippen molar-refractivity contribution in [1.82, 2.24) is 14.9 Å². The lowest BCUT2D eigenvalue weighted by Gasteiger charge is -2.10. The van der Waals surface area contributed by atoms with E-state index in [1.165, 1.54) is 30.3 Å². The number of benzene rings is 2. The zero-order chi connectivity index (χ0) is 23.1. The minimum absolute atomic E-state index is 0.0560. The van der Waals surface area contributed by atoms with Crippen molar-refractivity contribution in [1.29, 1.82) is 0 Å². The van der Waals surface area contributed by atoms with Gasteiger partial charge in [0.05, 0.1) is 11.5 Å². The first-order valence-electron chi connectivity index (χ1n) is 10.00. The molecule has 0 aliphatic carbocycles. The molecule has 0 amide bonds. The predicted octanol–water partition coefficient (Wildman–Crippen LogP) is 0.960. The number of aromatic amines is 2. The van der Waals surface area contributed by atoms with Crippen molar-refractivity contribution in [2.75, 3.05) is 27.2 Å². The molecule has 9 heteroatoms. The van der Waals surface area contributed by atoms with Crippen LogP contribution in [-0.4, -0.2) is 47.0 Å². The second-order valence-corrected chi connectivity index (χ2v) is 7.45. The van der Waals surface area contributed by atoms with Gasteiger partial charge in [0.15, 0.2) is 0 Å². The van der Waals surface area contributed by atoms with Crippen molar-refractivity contribution in [3.63, 3.8) is 0 Å². The summed E-state index contributed by atoms with van der Waals surface area (Å²) in [6, 6.07) is 12.9. The monoisotopic (exact) mass is 436 g/mol. The molecule has 3 rings (SSSR count). The molecule has 0 atom stereocenters. The SMILES string of the molecule is CN(C)CCCOc1ccc(/C=c2\[nH]c(=O)/c(=C/c3ccc([N+](=O)[O-])cc3)[nH]c2=O)cc1. The molecule has 0 spiro atoms. The highest BCUT2D eigenvalue weighted by Crippen LogP contribution is 2.13. The average molecular weight is 436 g/mol. The highest BCUT2D eigenvalue weighted by atomic mass is 16.6. The minimum Gasteiger partial charge on any atom is -0.494 e. The van der Waals surface area contributed by atoms with E-state index in [2.05, 4.69) is 14.9 Å². The molecule has 9 nitrogen and oxygen atoms in total.